The average molecular weight is 175 g/mol. The van der Waals surface area contributed by atoms with Crippen LogP contribution in [0.3, 0.4) is 0 Å². The van der Waals surface area contributed by atoms with Gasteiger partial charge in [-0.05, 0) is 13.0 Å². The molecule has 0 aromatic carbocycles. The highest BCUT2D eigenvalue weighted by Gasteiger charge is 2.18. The Morgan fingerprint density at radius 3 is 3.09 bits per heavy atom. The number of hydrogen-bond acceptors (Lipinski definition) is 3. The molecule has 1 aliphatic heterocycles. The maximum Gasteiger partial charge on any atom is 0.141 e. The molecule has 1 aromatic rings. The van der Waals surface area contributed by atoms with Crippen LogP contribution in [0, 0.1) is 0 Å². The number of hydrogen-bond donors (Lipinski definition) is 1. The van der Waals surface area contributed by atoms with Gasteiger partial charge in [-0.2, -0.15) is 0 Å². The van der Waals surface area contributed by atoms with E-state index in [1.807, 2.05) is 6.07 Å². The molecule has 0 amide bonds. The molecule has 2 heterocycles. The Morgan fingerprint density at radius 2 is 2.55 bits per heavy atom. The van der Waals surface area contributed by atoms with Crippen molar-refractivity contribution >= 4 is 12.4 Å². The van der Waals surface area contributed by atoms with Crippen molar-refractivity contribution in [2.75, 3.05) is 13.1 Å². The molecule has 0 unspecified atom stereocenters. The minimum absolute atomic E-state index is 0. The molecular formula is C7H11ClN2O. The summed E-state index contributed by atoms with van der Waals surface area (Å²) in [6.45, 7) is 2.14. The van der Waals surface area contributed by atoms with E-state index in [2.05, 4.69) is 10.5 Å². The van der Waals surface area contributed by atoms with Gasteiger partial charge in [0.2, 0.25) is 0 Å². The van der Waals surface area contributed by atoms with Crippen LogP contribution in [0.2, 0.25) is 0 Å². The van der Waals surface area contributed by atoms with E-state index in [0.717, 1.165) is 18.8 Å². The van der Waals surface area contributed by atoms with Crippen molar-refractivity contribution in [1.29, 1.82) is 0 Å². The minimum Gasteiger partial charge on any atom is -0.361 e. The Bertz CT molecular complexity index is 194. The molecule has 0 saturated carbocycles. The van der Waals surface area contributed by atoms with Gasteiger partial charge in [0.05, 0.1) is 6.20 Å². The van der Waals surface area contributed by atoms with Gasteiger partial charge in [0, 0.05) is 18.5 Å². The standard InChI is InChI=1S/C7H10N2O.ClH/c1-3-8-5-6(1)7-2-4-9-10-7;/h2,4,6,8H,1,3,5H2;1H/t6-;/m0./s1. The fourth-order valence-electron chi connectivity index (χ4n) is 1.33. The van der Waals surface area contributed by atoms with Crippen LogP contribution >= 0.6 is 12.4 Å². The SMILES string of the molecule is Cl.c1cc([C@H]2CCNC2)on1. The summed E-state index contributed by atoms with van der Waals surface area (Å²) in [5, 5.41) is 6.94. The van der Waals surface area contributed by atoms with Crippen molar-refractivity contribution in [3.05, 3.63) is 18.0 Å². The Kier molecular flexibility index (Phi) is 2.91. The molecule has 1 aliphatic rings. The average Bonchev–Trinajstić information content (AvgIpc) is 2.59. The first kappa shape index (κ1) is 8.56. The largest absolute Gasteiger partial charge is 0.361 e. The van der Waals surface area contributed by atoms with E-state index in [0.29, 0.717) is 5.92 Å². The Labute approximate surface area is 71.6 Å². The van der Waals surface area contributed by atoms with Crippen LogP contribution in [-0.2, 0) is 0 Å². The molecule has 1 aromatic heterocycles. The van der Waals surface area contributed by atoms with E-state index in [9.17, 15) is 0 Å². The summed E-state index contributed by atoms with van der Waals surface area (Å²) in [5.41, 5.74) is 0. The molecule has 1 atom stereocenters. The topological polar surface area (TPSA) is 38.1 Å². The zero-order valence-corrected chi connectivity index (χ0v) is 6.93. The van der Waals surface area contributed by atoms with Crippen LogP contribution in [0.1, 0.15) is 18.1 Å². The number of nitrogens with one attached hydrogen (secondary N) is 1. The number of halogens is 1. The number of nitrogens with zero attached hydrogens (tertiary/aromatic N) is 1. The summed E-state index contributed by atoms with van der Waals surface area (Å²) in [7, 11) is 0. The van der Waals surface area contributed by atoms with Crippen LogP contribution in [0.15, 0.2) is 16.8 Å². The monoisotopic (exact) mass is 174 g/mol. The quantitative estimate of drug-likeness (QED) is 0.695. The van der Waals surface area contributed by atoms with Crippen molar-refractivity contribution < 1.29 is 4.52 Å². The lowest BCUT2D eigenvalue weighted by atomic mass is 10.1. The van der Waals surface area contributed by atoms with Gasteiger partial charge in [-0.1, -0.05) is 5.16 Å². The summed E-state index contributed by atoms with van der Waals surface area (Å²) < 4.78 is 5.03. The fourth-order valence-corrected chi connectivity index (χ4v) is 1.33. The lowest BCUT2D eigenvalue weighted by Gasteiger charge is -1.99. The van der Waals surface area contributed by atoms with E-state index in [4.69, 9.17) is 4.52 Å². The second-order valence-electron chi connectivity index (χ2n) is 2.60. The van der Waals surface area contributed by atoms with E-state index >= 15 is 0 Å². The van der Waals surface area contributed by atoms with E-state index in [1.165, 1.54) is 6.42 Å². The number of rotatable bonds is 1. The lowest BCUT2D eigenvalue weighted by molar-refractivity contribution is 0.365. The predicted octanol–water partition coefficient (Wildman–Crippen LogP) is 1.17. The highest BCUT2D eigenvalue weighted by atomic mass is 35.5. The highest BCUT2D eigenvalue weighted by molar-refractivity contribution is 5.85. The molecule has 0 spiro atoms. The Morgan fingerprint density at radius 1 is 1.64 bits per heavy atom. The van der Waals surface area contributed by atoms with Crippen LogP contribution in [0.25, 0.3) is 0 Å². The van der Waals surface area contributed by atoms with Crippen molar-refractivity contribution in [2.24, 2.45) is 0 Å². The van der Waals surface area contributed by atoms with Crippen molar-refractivity contribution in [2.45, 2.75) is 12.3 Å². The third-order valence-corrected chi connectivity index (χ3v) is 1.92. The third kappa shape index (κ3) is 1.73. The van der Waals surface area contributed by atoms with Crippen LogP contribution in [0.4, 0.5) is 0 Å². The fraction of sp³-hybridized carbons (Fsp3) is 0.571. The molecule has 3 nitrogen and oxygen atoms in total. The van der Waals surface area contributed by atoms with Crippen LogP contribution in [0.5, 0.6) is 0 Å². The smallest absolute Gasteiger partial charge is 0.141 e. The Balaban J connectivity index is 0.000000605. The zero-order chi connectivity index (χ0) is 6.81. The molecule has 62 valence electrons. The molecule has 2 rings (SSSR count). The summed E-state index contributed by atoms with van der Waals surface area (Å²) in [6.07, 6.45) is 2.88. The first-order valence-electron chi connectivity index (χ1n) is 3.58. The van der Waals surface area contributed by atoms with Crippen LogP contribution < -0.4 is 5.32 Å². The maximum atomic E-state index is 5.03. The van der Waals surface area contributed by atoms with Gasteiger partial charge in [-0.15, -0.1) is 12.4 Å². The molecule has 11 heavy (non-hydrogen) atoms. The molecular weight excluding hydrogens is 164 g/mol. The van der Waals surface area contributed by atoms with E-state index < -0.39 is 0 Å². The first-order valence-corrected chi connectivity index (χ1v) is 3.58. The number of aromatic nitrogens is 1. The molecule has 1 N–H and O–H groups in total. The maximum absolute atomic E-state index is 5.03. The van der Waals surface area contributed by atoms with Gasteiger partial charge in [0.15, 0.2) is 0 Å². The summed E-state index contributed by atoms with van der Waals surface area (Å²) in [4.78, 5) is 0. The molecule has 1 fully saturated rings. The summed E-state index contributed by atoms with van der Waals surface area (Å²) in [5.74, 6) is 1.58. The normalized spacial score (nSPS) is 23.1. The van der Waals surface area contributed by atoms with Gasteiger partial charge >= 0.3 is 0 Å². The van der Waals surface area contributed by atoms with Crippen molar-refractivity contribution in [1.82, 2.24) is 10.5 Å². The third-order valence-electron chi connectivity index (χ3n) is 1.92. The Hall–Kier alpha value is -0.540. The van der Waals surface area contributed by atoms with Crippen LogP contribution in [-0.4, -0.2) is 18.2 Å². The molecule has 1 saturated heterocycles. The van der Waals surface area contributed by atoms with Gasteiger partial charge in [0.1, 0.15) is 5.76 Å². The van der Waals surface area contributed by atoms with Gasteiger partial charge < -0.3 is 9.84 Å². The molecule has 0 bridgehead atoms. The van der Waals surface area contributed by atoms with Gasteiger partial charge in [-0.3, -0.25) is 0 Å². The lowest BCUT2D eigenvalue weighted by Crippen LogP contribution is -2.07. The van der Waals surface area contributed by atoms with Gasteiger partial charge in [-0.25, -0.2) is 0 Å². The molecule has 0 aliphatic carbocycles. The first-order chi connectivity index (χ1) is 4.97. The van der Waals surface area contributed by atoms with Gasteiger partial charge in [0.25, 0.3) is 0 Å². The molecule has 4 heteroatoms. The van der Waals surface area contributed by atoms with Crippen molar-refractivity contribution in [3.63, 3.8) is 0 Å². The summed E-state index contributed by atoms with van der Waals surface area (Å²) >= 11 is 0. The van der Waals surface area contributed by atoms with E-state index in [1.54, 1.807) is 6.20 Å². The highest BCUT2D eigenvalue weighted by Crippen LogP contribution is 2.20. The second kappa shape index (κ2) is 3.74. The molecule has 0 radical (unpaired) electrons. The minimum atomic E-state index is 0. The van der Waals surface area contributed by atoms with Crippen molar-refractivity contribution in [3.8, 4) is 0 Å². The van der Waals surface area contributed by atoms with E-state index in [-0.39, 0.29) is 12.4 Å². The summed E-state index contributed by atoms with van der Waals surface area (Å²) in [6, 6.07) is 1.94. The zero-order valence-electron chi connectivity index (χ0n) is 6.12. The predicted molar refractivity (Wildman–Crippen MR) is 44.0 cm³/mol. The second-order valence-corrected chi connectivity index (χ2v) is 2.60.